The van der Waals surface area contributed by atoms with Crippen molar-refractivity contribution in [3.05, 3.63) is 11.6 Å². The van der Waals surface area contributed by atoms with E-state index in [1.165, 1.54) is 24.8 Å². The molecule has 1 N–H and O–H groups in total. The summed E-state index contributed by atoms with van der Waals surface area (Å²) in [5, 5.41) is 10.7. The van der Waals surface area contributed by atoms with Crippen LogP contribution in [0, 0.1) is 34.5 Å². The van der Waals surface area contributed by atoms with Gasteiger partial charge in [-0.05, 0) is 91.9 Å². The van der Waals surface area contributed by atoms with Crippen LogP contribution in [0.5, 0.6) is 0 Å². The molecule has 0 aliphatic heterocycles. The zero-order valence-electron chi connectivity index (χ0n) is 16.8. The monoisotopic (exact) mass is 360 g/mol. The zero-order chi connectivity index (χ0) is 18.5. The smallest absolute Gasteiger partial charge is 0.155 e. The number of carbonyl (C=O) groups excluding carboxylic acids is 1. The quantitative estimate of drug-likeness (QED) is 0.749. The maximum absolute atomic E-state index is 12.1. The number of aliphatic hydroxyl groups is 1. The van der Waals surface area contributed by atoms with E-state index in [1.807, 2.05) is 6.08 Å². The van der Waals surface area contributed by atoms with E-state index in [-0.39, 0.29) is 16.9 Å². The highest BCUT2D eigenvalue weighted by atomic mass is 16.5. The van der Waals surface area contributed by atoms with Crippen molar-refractivity contribution in [3.8, 4) is 0 Å². The first-order chi connectivity index (χ1) is 12.4. The third-order valence-electron chi connectivity index (χ3n) is 9.01. The Morgan fingerprint density at radius 3 is 2.77 bits per heavy atom. The van der Waals surface area contributed by atoms with Crippen LogP contribution in [0.1, 0.15) is 71.6 Å². The van der Waals surface area contributed by atoms with Crippen molar-refractivity contribution < 1.29 is 14.6 Å². The van der Waals surface area contributed by atoms with Crippen LogP contribution in [0.4, 0.5) is 0 Å². The summed E-state index contributed by atoms with van der Waals surface area (Å²) >= 11 is 0. The molecule has 7 atom stereocenters. The first-order valence-corrected chi connectivity index (χ1v) is 10.8. The second-order valence-corrected chi connectivity index (χ2v) is 10.1. The van der Waals surface area contributed by atoms with E-state index < -0.39 is 0 Å². The molecular weight excluding hydrogens is 324 g/mol. The molecule has 4 rings (SSSR count). The number of hydrogen-bond donors (Lipinski definition) is 1. The van der Waals surface area contributed by atoms with E-state index in [0.29, 0.717) is 29.5 Å². The topological polar surface area (TPSA) is 46.5 Å². The molecule has 0 unspecified atom stereocenters. The molecule has 3 saturated carbocycles. The highest BCUT2D eigenvalue weighted by molar-refractivity contribution is 5.91. The van der Waals surface area contributed by atoms with Gasteiger partial charge in [-0.15, -0.1) is 0 Å². The van der Waals surface area contributed by atoms with Crippen LogP contribution in [0.25, 0.3) is 0 Å². The summed E-state index contributed by atoms with van der Waals surface area (Å²) in [5.41, 5.74) is 1.77. The summed E-state index contributed by atoms with van der Waals surface area (Å²) in [6, 6.07) is 0. The summed E-state index contributed by atoms with van der Waals surface area (Å²) in [7, 11) is 1.79. The molecule has 26 heavy (non-hydrogen) atoms. The second-order valence-electron chi connectivity index (χ2n) is 10.1. The van der Waals surface area contributed by atoms with Crippen molar-refractivity contribution in [2.75, 3.05) is 13.7 Å². The lowest BCUT2D eigenvalue weighted by Gasteiger charge is -2.60. The number of ketones is 1. The number of hydrogen-bond acceptors (Lipinski definition) is 3. The second kappa shape index (κ2) is 6.74. The predicted molar refractivity (Wildman–Crippen MR) is 103 cm³/mol. The molecule has 3 nitrogen and oxygen atoms in total. The van der Waals surface area contributed by atoms with E-state index in [4.69, 9.17) is 4.74 Å². The van der Waals surface area contributed by atoms with Crippen LogP contribution < -0.4 is 0 Å². The van der Waals surface area contributed by atoms with E-state index in [0.717, 1.165) is 45.1 Å². The maximum Gasteiger partial charge on any atom is 0.155 e. The minimum Gasteiger partial charge on any atom is -0.393 e. The molecule has 3 fully saturated rings. The summed E-state index contributed by atoms with van der Waals surface area (Å²) < 4.78 is 5.33. The van der Waals surface area contributed by atoms with Crippen LogP contribution >= 0.6 is 0 Å². The molecule has 0 aromatic carbocycles. The van der Waals surface area contributed by atoms with Crippen molar-refractivity contribution in [2.24, 2.45) is 34.5 Å². The lowest BCUT2D eigenvalue weighted by molar-refractivity contribution is -0.120. The number of methoxy groups -OCH3 is 1. The average Bonchev–Trinajstić information content (AvgIpc) is 2.91. The fraction of sp³-hybridized carbons (Fsp3) is 0.870. The van der Waals surface area contributed by atoms with Gasteiger partial charge in [0.15, 0.2) is 5.78 Å². The van der Waals surface area contributed by atoms with Gasteiger partial charge in [-0.25, -0.2) is 0 Å². The van der Waals surface area contributed by atoms with Gasteiger partial charge in [0, 0.05) is 20.1 Å². The Bertz CT molecular complexity index is 596. The molecule has 0 heterocycles. The van der Waals surface area contributed by atoms with E-state index in [9.17, 15) is 9.90 Å². The minimum absolute atomic E-state index is 0.114. The molecule has 0 radical (unpaired) electrons. The molecule has 0 amide bonds. The molecule has 0 aromatic rings. The summed E-state index contributed by atoms with van der Waals surface area (Å²) in [6.07, 6.45) is 11.6. The molecule has 4 aliphatic carbocycles. The van der Waals surface area contributed by atoms with Crippen LogP contribution in [-0.2, 0) is 9.53 Å². The van der Waals surface area contributed by atoms with Gasteiger partial charge in [0.05, 0.1) is 6.10 Å². The van der Waals surface area contributed by atoms with Crippen molar-refractivity contribution in [1.82, 2.24) is 0 Å². The SMILES string of the molecule is COCCC[C@H]1CC2=CC(=O)CC[C@]2(C)[C@H]2CC[C@]3(C)[C@@H](O)CC[C@H]3[C@H]12. The predicted octanol–water partition coefficient (Wildman–Crippen LogP) is 4.53. The number of rotatable bonds is 4. The van der Waals surface area contributed by atoms with Crippen LogP contribution in [0.2, 0.25) is 0 Å². The van der Waals surface area contributed by atoms with Gasteiger partial charge in [-0.1, -0.05) is 19.4 Å². The molecule has 3 heteroatoms. The Morgan fingerprint density at radius 2 is 2.00 bits per heavy atom. The Kier molecular flexibility index (Phi) is 4.84. The molecule has 4 aliphatic rings. The number of ether oxygens (including phenoxy) is 1. The van der Waals surface area contributed by atoms with Crippen LogP contribution in [0.3, 0.4) is 0 Å². The molecule has 0 bridgehead atoms. The Hall–Kier alpha value is -0.670. The van der Waals surface area contributed by atoms with Gasteiger partial charge in [-0.2, -0.15) is 0 Å². The lowest BCUT2D eigenvalue weighted by Crippen LogP contribution is -2.54. The molecule has 0 saturated heterocycles. The Balaban J connectivity index is 1.69. The van der Waals surface area contributed by atoms with Crippen molar-refractivity contribution in [1.29, 1.82) is 0 Å². The fourth-order valence-corrected chi connectivity index (χ4v) is 7.46. The molecule has 0 spiro atoms. The fourth-order valence-electron chi connectivity index (χ4n) is 7.46. The summed E-state index contributed by atoms with van der Waals surface area (Å²) in [6.45, 7) is 5.63. The van der Waals surface area contributed by atoms with E-state index in [2.05, 4.69) is 13.8 Å². The summed E-state index contributed by atoms with van der Waals surface area (Å²) in [5.74, 6) is 3.03. The Morgan fingerprint density at radius 1 is 1.19 bits per heavy atom. The minimum atomic E-state index is -0.120. The summed E-state index contributed by atoms with van der Waals surface area (Å²) in [4.78, 5) is 12.1. The Labute approximate surface area is 158 Å². The standard InChI is InChI=1S/C23H36O3/c1-22-10-8-17(24)14-16(22)13-15(5-4-12-26-3)21-18-6-7-20(25)23(18,2)11-9-19(21)22/h14-15,18-21,25H,4-13H2,1-3H3/t15-,18-,19-,20-,21-,22-,23-/m0/s1. The van der Waals surface area contributed by atoms with Gasteiger partial charge in [0.1, 0.15) is 0 Å². The highest BCUT2D eigenvalue weighted by Gasteiger charge is 2.60. The van der Waals surface area contributed by atoms with Crippen molar-refractivity contribution >= 4 is 5.78 Å². The normalized spacial score (nSPS) is 47.8. The van der Waals surface area contributed by atoms with Gasteiger partial charge < -0.3 is 9.84 Å². The molecule has 0 aromatic heterocycles. The largest absolute Gasteiger partial charge is 0.393 e. The van der Waals surface area contributed by atoms with Gasteiger partial charge >= 0.3 is 0 Å². The number of carbonyl (C=O) groups is 1. The van der Waals surface area contributed by atoms with Crippen LogP contribution in [0.15, 0.2) is 11.6 Å². The first-order valence-electron chi connectivity index (χ1n) is 10.8. The zero-order valence-corrected chi connectivity index (χ0v) is 16.8. The average molecular weight is 361 g/mol. The van der Waals surface area contributed by atoms with Gasteiger partial charge in [0.25, 0.3) is 0 Å². The van der Waals surface area contributed by atoms with Crippen molar-refractivity contribution in [3.63, 3.8) is 0 Å². The van der Waals surface area contributed by atoms with Gasteiger partial charge in [-0.3, -0.25) is 4.79 Å². The van der Waals surface area contributed by atoms with Crippen LogP contribution in [-0.4, -0.2) is 30.7 Å². The molecule has 146 valence electrons. The molecular formula is C23H36O3. The number of aliphatic hydroxyl groups excluding tert-OH is 1. The third-order valence-corrected chi connectivity index (χ3v) is 9.01. The first kappa shape index (κ1) is 18.7. The third kappa shape index (κ3) is 2.73. The maximum atomic E-state index is 12.1. The van der Waals surface area contributed by atoms with E-state index in [1.54, 1.807) is 7.11 Å². The lowest BCUT2D eigenvalue weighted by atomic mass is 9.44. The van der Waals surface area contributed by atoms with Crippen molar-refractivity contribution in [2.45, 2.75) is 77.7 Å². The highest BCUT2D eigenvalue weighted by Crippen LogP contribution is 2.67. The number of fused-ring (bicyclic) bond motifs is 5. The number of allylic oxidation sites excluding steroid dienone is 1. The van der Waals surface area contributed by atoms with Gasteiger partial charge in [0.2, 0.25) is 0 Å². The van der Waals surface area contributed by atoms with E-state index >= 15 is 0 Å².